The Hall–Kier alpha value is -1.97. The van der Waals surface area contributed by atoms with Crippen LogP contribution >= 0.6 is 0 Å². The molecule has 32 heavy (non-hydrogen) atoms. The first-order valence-electron chi connectivity index (χ1n) is 12.4. The summed E-state index contributed by atoms with van der Waals surface area (Å²) < 4.78 is 40.7. The van der Waals surface area contributed by atoms with Crippen LogP contribution in [-0.4, -0.2) is 6.36 Å². The molecule has 0 aromatic heterocycles. The number of halogens is 3. The standard InChI is InChI=1S/C28H37F3O/c1-2-3-4-5-6-7-22-10-16-25(17-11-22)26-18-12-23(13-19-26)8-9-24-14-20-27(21-15-24)32-28(29,30)31/h12-15,18-22,25H,2-11,16-17H2,1H3/t22-,25-. The van der Waals surface area contributed by atoms with Gasteiger partial charge in [0.25, 0.3) is 0 Å². The molecule has 2 aromatic rings. The molecule has 3 rings (SSSR count). The van der Waals surface area contributed by atoms with Gasteiger partial charge in [0.05, 0.1) is 0 Å². The highest BCUT2D eigenvalue weighted by Gasteiger charge is 2.30. The first-order chi connectivity index (χ1) is 15.4. The minimum Gasteiger partial charge on any atom is -0.406 e. The summed E-state index contributed by atoms with van der Waals surface area (Å²) in [7, 11) is 0. The predicted molar refractivity (Wildman–Crippen MR) is 125 cm³/mol. The van der Waals surface area contributed by atoms with Crippen molar-refractivity contribution in [3.8, 4) is 5.75 Å². The Bertz CT molecular complexity index is 772. The third-order valence-electron chi connectivity index (χ3n) is 6.87. The van der Waals surface area contributed by atoms with E-state index in [1.807, 2.05) is 0 Å². The number of benzene rings is 2. The van der Waals surface area contributed by atoms with Crippen LogP contribution in [0.4, 0.5) is 13.2 Å². The average Bonchev–Trinajstić information content (AvgIpc) is 2.78. The quantitative estimate of drug-likeness (QED) is 0.313. The van der Waals surface area contributed by atoms with Gasteiger partial charge < -0.3 is 4.74 Å². The predicted octanol–water partition coefficient (Wildman–Crippen LogP) is 9.00. The molecule has 0 saturated heterocycles. The van der Waals surface area contributed by atoms with Gasteiger partial charge in [-0.1, -0.05) is 81.8 Å². The normalized spacial score (nSPS) is 19.1. The van der Waals surface area contributed by atoms with Crippen LogP contribution in [0, 0.1) is 5.92 Å². The van der Waals surface area contributed by atoms with E-state index in [0.717, 1.165) is 24.3 Å². The molecule has 0 bridgehead atoms. The van der Waals surface area contributed by atoms with E-state index in [4.69, 9.17) is 0 Å². The largest absolute Gasteiger partial charge is 0.573 e. The zero-order chi connectivity index (χ0) is 22.8. The zero-order valence-corrected chi connectivity index (χ0v) is 19.3. The average molecular weight is 447 g/mol. The number of rotatable bonds is 11. The van der Waals surface area contributed by atoms with Gasteiger partial charge in [0.15, 0.2) is 0 Å². The minimum atomic E-state index is -4.64. The second-order valence-electron chi connectivity index (χ2n) is 9.35. The Morgan fingerprint density at radius 2 is 1.31 bits per heavy atom. The Kier molecular flexibility index (Phi) is 9.50. The third kappa shape index (κ3) is 8.52. The van der Waals surface area contributed by atoms with Crippen molar-refractivity contribution < 1.29 is 17.9 Å². The summed E-state index contributed by atoms with van der Waals surface area (Å²) in [6, 6.07) is 15.2. The molecule has 1 aliphatic carbocycles. The maximum Gasteiger partial charge on any atom is 0.573 e. The van der Waals surface area contributed by atoms with Crippen LogP contribution in [0.5, 0.6) is 5.75 Å². The summed E-state index contributed by atoms with van der Waals surface area (Å²) in [5.74, 6) is 1.46. The van der Waals surface area contributed by atoms with Crippen molar-refractivity contribution in [3.05, 3.63) is 65.2 Å². The molecule has 0 amide bonds. The van der Waals surface area contributed by atoms with Crippen LogP contribution in [0.2, 0.25) is 0 Å². The highest BCUT2D eigenvalue weighted by Crippen LogP contribution is 2.38. The van der Waals surface area contributed by atoms with Gasteiger partial charge in [0.2, 0.25) is 0 Å². The number of unbranched alkanes of at least 4 members (excludes halogenated alkanes) is 4. The second-order valence-corrected chi connectivity index (χ2v) is 9.35. The van der Waals surface area contributed by atoms with E-state index in [-0.39, 0.29) is 5.75 Å². The highest BCUT2D eigenvalue weighted by molar-refractivity contribution is 5.30. The van der Waals surface area contributed by atoms with Crippen molar-refractivity contribution in [2.45, 2.75) is 96.3 Å². The number of hydrogen-bond acceptors (Lipinski definition) is 1. The lowest BCUT2D eigenvalue weighted by Gasteiger charge is -2.29. The molecule has 1 aliphatic rings. The summed E-state index contributed by atoms with van der Waals surface area (Å²) in [5.41, 5.74) is 3.74. The molecule has 4 heteroatoms. The molecule has 0 N–H and O–H groups in total. The number of alkyl halides is 3. The first kappa shape index (κ1) is 24.7. The zero-order valence-electron chi connectivity index (χ0n) is 19.3. The van der Waals surface area contributed by atoms with E-state index in [9.17, 15) is 13.2 Å². The molecule has 0 radical (unpaired) electrons. The molecule has 176 valence electrons. The summed E-state index contributed by atoms with van der Waals surface area (Å²) in [6.45, 7) is 2.27. The van der Waals surface area contributed by atoms with Gasteiger partial charge >= 0.3 is 6.36 Å². The van der Waals surface area contributed by atoms with E-state index >= 15 is 0 Å². The fourth-order valence-electron chi connectivity index (χ4n) is 4.92. The summed E-state index contributed by atoms with van der Waals surface area (Å²) >= 11 is 0. The van der Waals surface area contributed by atoms with Gasteiger partial charge in [0, 0.05) is 0 Å². The van der Waals surface area contributed by atoms with E-state index < -0.39 is 6.36 Å². The van der Waals surface area contributed by atoms with Crippen LogP contribution in [0.25, 0.3) is 0 Å². The number of aryl methyl sites for hydroxylation is 2. The lowest BCUT2D eigenvalue weighted by molar-refractivity contribution is -0.274. The van der Waals surface area contributed by atoms with Crippen LogP contribution in [0.1, 0.15) is 93.7 Å². The molecule has 0 spiro atoms. The molecule has 0 unspecified atom stereocenters. The lowest BCUT2D eigenvalue weighted by atomic mass is 9.77. The van der Waals surface area contributed by atoms with E-state index in [1.54, 1.807) is 12.1 Å². The fraction of sp³-hybridized carbons (Fsp3) is 0.571. The molecule has 0 aliphatic heterocycles. The lowest BCUT2D eigenvalue weighted by Crippen LogP contribution is -2.17. The van der Waals surface area contributed by atoms with Crippen molar-refractivity contribution in [3.63, 3.8) is 0 Å². The van der Waals surface area contributed by atoms with Gasteiger partial charge in [-0.3, -0.25) is 0 Å². The van der Waals surface area contributed by atoms with Crippen molar-refractivity contribution >= 4 is 0 Å². The maximum absolute atomic E-state index is 12.3. The van der Waals surface area contributed by atoms with Gasteiger partial charge in [-0.05, 0) is 79.2 Å². The monoisotopic (exact) mass is 446 g/mol. The Labute approximate surface area is 191 Å². The van der Waals surface area contributed by atoms with Crippen LogP contribution in [0.15, 0.2) is 48.5 Å². The van der Waals surface area contributed by atoms with E-state index in [1.165, 1.54) is 87.5 Å². The summed E-state index contributed by atoms with van der Waals surface area (Å²) in [6.07, 6.45) is 10.7. The number of ether oxygens (including phenoxy) is 1. The minimum absolute atomic E-state index is 0.170. The molecule has 0 heterocycles. The topological polar surface area (TPSA) is 9.23 Å². The molecule has 1 saturated carbocycles. The van der Waals surface area contributed by atoms with Crippen molar-refractivity contribution in [2.75, 3.05) is 0 Å². The first-order valence-corrected chi connectivity index (χ1v) is 12.4. The Balaban J connectivity index is 1.39. The third-order valence-corrected chi connectivity index (χ3v) is 6.87. The number of hydrogen-bond donors (Lipinski definition) is 0. The second kappa shape index (κ2) is 12.3. The molecule has 1 nitrogen and oxygen atoms in total. The van der Waals surface area contributed by atoms with Gasteiger partial charge in [-0.15, -0.1) is 13.2 Å². The molecular weight excluding hydrogens is 409 g/mol. The molecule has 0 atom stereocenters. The highest BCUT2D eigenvalue weighted by atomic mass is 19.4. The van der Waals surface area contributed by atoms with Crippen LogP contribution < -0.4 is 4.74 Å². The summed E-state index contributed by atoms with van der Waals surface area (Å²) in [5, 5.41) is 0. The molecule has 1 fully saturated rings. The van der Waals surface area contributed by atoms with Gasteiger partial charge in [0.1, 0.15) is 5.75 Å². The van der Waals surface area contributed by atoms with E-state index in [2.05, 4.69) is 35.9 Å². The van der Waals surface area contributed by atoms with Crippen molar-refractivity contribution in [1.29, 1.82) is 0 Å². The summed E-state index contributed by atoms with van der Waals surface area (Å²) in [4.78, 5) is 0. The molecule has 2 aromatic carbocycles. The Morgan fingerprint density at radius 1 is 0.750 bits per heavy atom. The van der Waals surface area contributed by atoms with Crippen molar-refractivity contribution in [2.24, 2.45) is 5.92 Å². The maximum atomic E-state index is 12.3. The molecular formula is C28H37F3O. The van der Waals surface area contributed by atoms with E-state index in [0.29, 0.717) is 5.92 Å². The van der Waals surface area contributed by atoms with Crippen LogP contribution in [-0.2, 0) is 12.8 Å². The van der Waals surface area contributed by atoms with Crippen molar-refractivity contribution in [1.82, 2.24) is 0 Å². The fourth-order valence-corrected chi connectivity index (χ4v) is 4.92. The van der Waals surface area contributed by atoms with Crippen LogP contribution in [0.3, 0.4) is 0 Å². The van der Waals surface area contributed by atoms with Gasteiger partial charge in [-0.25, -0.2) is 0 Å². The Morgan fingerprint density at radius 3 is 1.88 bits per heavy atom. The SMILES string of the molecule is CCCCCCC[C@H]1CC[C@H](c2ccc(CCc3ccc(OC(F)(F)F)cc3)cc2)CC1. The smallest absolute Gasteiger partial charge is 0.406 e. The van der Waals surface area contributed by atoms with Gasteiger partial charge in [-0.2, -0.15) is 0 Å².